The smallest absolute Gasteiger partial charge is 0.243 e. The summed E-state index contributed by atoms with van der Waals surface area (Å²) in [6, 6.07) is 7.00. The van der Waals surface area contributed by atoms with Gasteiger partial charge in [0.25, 0.3) is 0 Å². The molecule has 0 bridgehead atoms. The zero-order valence-electron chi connectivity index (χ0n) is 12.2. The quantitative estimate of drug-likeness (QED) is 0.809. The second-order valence-corrected chi connectivity index (χ2v) is 6.92. The van der Waals surface area contributed by atoms with E-state index in [9.17, 15) is 8.42 Å². The van der Waals surface area contributed by atoms with Crippen molar-refractivity contribution in [1.29, 1.82) is 0 Å². The Hall–Kier alpha value is -1.07. The molecule has 0 aromatic heterocycles. The van der Waals surface area contributed by atoms with Gasteiger partial charge in [0.15, 0.2) is 0 Å². The fourth-order valence-electron chi connectivity index (χ4n) is 1.60. The Bertz CT molecular complexity index is 510. The molecule has 0 fully saturated rings. The van der Waals surface area contributed by atoms with Crippen molar-refractivity contribution in [2.24, 2.45) is 0 Å². The molecule has 0 unspecified atom stereocenters. The average molecular weight is 284 g/mol. The summed E-state index contributed by atoms with van der Waals surface area (Å²) < 4.78 is 27.6. The highest BCUT2D eigenvalue weighted by molar-refractivity contribution is 7.89. The molecule has 0 aliphatic rings. The molecule has 4 nitrogen and oxygen atoms in total. The third-order valence-corrected chi connectivity index (χ3v) is 4.79. The van der Waals surface area contributed by atoms with Crippen molar-refractivity contribution in [3.8, 4) is 0 Å². The Morgan fingerprint density at radius 2 is 1.79 bits per heavy atom. The average Bonchev–Trinajstić information content (AvgIpc) is 2.35. The predicted molar refractivity (Wildman–Crippen MR) is 79.9 cm³/mol. The lowest BCUT2D eigenvalue weighted by Crippen LogP contribution is -2.42. The summed E-state index contributed by atoms with van der Waals surface area (Å²) in [6.45, 7) is 8.52. The highest BCUT2D eigenvalue weighted by atomic mass is 32.2. The van der Waals surface area contributed by atoms with Crippen molar-refractivity contribution in [1.82, 2.24) is 4.72 Å². The lowest BCUT2D eigenvalue weighted by atomic mass is 10.0. The Balaban J connectivity index is 3.07. The van der Waals surface area contributed by atoms with Crippen molar-refractivity contribution in [2.45, 2.75) is 51.0 Å². The van der Waals surface area contributed by atoms with Gasteiger partial charge in [-0.3, -0.25) is 0 Å². The summed E-state index contributed by atoms with van der Waals surface area (Å²) in [5, 5.41) is 3.15. The lowest BCUT2D eigenvalue weighted by Gasteiger charge is -2.25. The molecular formula is C14H24N2O2S. The molecule has 19 heavy (non-hydrogen) atoms. The van der Waals surface area contributed by atoms with Gasteiger partial charge in [0, 0.05) is 12.1 Å². The van der Waals surface area contributed by atoms with Crippen LogP contribution < -0.4 is 10.0 Å². The topological polar surface area (TPSA) is 58.2 Å². The van der Waals surface area contributed by atoms with Gasteiger partial charge < -0.3 is 5.32 Å². The molecule has 0 aliphatic carbocycles. The summed E-state index contributed by atoms with van der Waals surface area (Å²) in [7, 11) is -3.50. The van der Waals surface area contributed by atoms with Crippen LogP contribution in [-0.4, -0.2) is 20.5 Å². The minimum absolute atomic E-state index is 0.310. The van der Waals surface area contributed by atoms with E-state index in [0.29, 0.717) is 10.6 Å². The van der Waals surface area contributed by atoms with Gasteiger partial charge in [0.2, 0.25) is 10.0 Å². The minimum Gasteiger partial charge on any atom is -0.384 e. The molecule has 2 N–H and O–H groups in total. The molecule has 108 valence electrons. The number of hydrogen-bond acceptors (Lipinski definition) is 3. The van der Waals surface area contributed by atoms with Crippen molar-refractivity contribution < 1.29 is 8.42 Å². The molecule has 0 heterocycles. The number of rotatable bonds is 7. The number of para-hydroxylation sites is 1. The predicted octanol–water partition coefficient (Wildman–Crippen LogP) is 2.98. The van der Waals surface area contributed by atoms with Crippen molar-refractivity contribution >= 4 is 15.7 Å². The van der Waals surface area contributed by atoms with Crippen LogP contribution in [0.25, 0.3) is 0 Å². The van der Waals surface area contributed by atoms with E-state index in [1.54, 1.807) is 18.2 Å². The third kappa shape index (κ3) is 4.51. The third-order valence-electron chi connectivity index (χ3n) is 3.04. The monoisotopic (exact) mass is 284 g/mol. The van der Waals surface area contributed by atoms with Crippen molar-refractivity contribution in [2.75, 3.05) is 11.9 Å². The largest absolute Gasteiger partial charge is 0.384 e. The molecular weight excluding hydrogens is 260 g/mol. The SMILES string of the molecule is CCCNc1ccccc1S(=O)(=O)NC(C)(C)CC. The molecule has 0 saturated carbocycles. The first-order valence-electron chi connectivity index (χ1n) is 6.69. The second kappa shape index (κ2) is 6.39. The minimum atomic E-state index is -3.50. The van der Waals surface area contributed by atoms with Crippen LogP contribution in [0.15, 0.2) is 29.2 Å². The van der Waals surface area contributed by atoms with Crippen LogP contribution in [0, 0.1) is 0 Å². The fourth-order valence-corrected chi connectivity index (χ4v) is 3.27. The maximum atomic E-state index is 12.4. The zero-order chi connectivity index (χ0) is 14.5. The van der Waals surface area contributed by atoms with Crippen LogP contribution in [0.1, 0.15) is 40.5 Å². The maximum Gasteiger partial charge on any atom is 0.243 e. The molecule has 0 radical (unpaired) electrons. The van der Waals surface area contributed by atoms with E-state index in [2.05, 4.69) is 10.0 Å². The highest BCUT2D eigenvalue weighted by Crippen LogP contribution is 2.23. The summed E-state index contributed by atoms with van der Waals surface area (Å²) in [5.41, 5.74) is 0.209. The number of benzene rings is 1. The van der Waals surface area contributed by atoms with Gasteiger partial charge in [-0.1, -0.05) is 26.0 Å². The van der Waals surface area contributed by atoms with E-state index >= 15 is 0 Å². The van der Waals surface area contributed by atoms with E-state index in [-0.39, 0.29) is 0 Å². The maximum absolute atomic E-state index is 12.4. The van der Waals surface area contributed by atoms with Gasteiger partial charge in [-0.2, -0.15) is 0 Å². The lowest BCUT2D eigenvalue weighted by molar-refractivity contribution is 0.439. The summed E-state index contributed by atoms with van der Waals surface area (Å²) in [6.07, 6.45) is 1.68. The summed E-state index contributed by atoms with van der Waals surface area (Å²) >= 11 is 0. The van der Waals surface area contributed by atoms with E-state index in [4.69, 9.17) is 0 Å². The Morgan fingerprint density at radius 3 is 2.37 bits per heavy atom. The van der Waals surface area contributed by atoms with Crippen LogP contribution in [0.5, 0.6) is 0 Å². The van der Waals surface area contributed by atoms with Crippen LogP contribution in [0.2, 0.25) is 0 Å². The van der Waals surface area contributed by atoms with E-state index < -0.39 is 15.6 Å². The Morgan fingerprint density at radius 1 is 1.16 bits per heavy atom. The zero-order valence-corrected chi connectivity index (χ0v) is 13.0. The number of nitrogens with one attached hydrogen (secondary N) is 2. The van der Waals surface area contributed by atoms with Crippen LogP contribution in [0.3, 0.4) is 0 Å². The van der Waals surface area contributed by atoms with Crippen molar-refractivity contribution in [3.63, 3.8) is 0 Å². The normalized spacial score (nSPS) is 12.4. The van der Waals surface area contributed by atoms with Gasteiger partial charge in [-0.05, 0) is 38.8 Å². The molecule has 5 heteroatoms. The van der Waals surface area contributed by atoms with Crippen LogP contribution >= 0.6 is 0 Å². The molecule has 0 spiro atoms. The van der Waals surface area contributed by atoms with Gasteiger partial charge >= 0.3 is 0 Å². The molecule has 1 aromatic rings. The van der Waals surface area contributed by atoms with Crippen LogP contribution in [0.4, 0.5) is 5.69 Å². The molecule has 0 saturated heterocycles. The molecule has 0 atom stereocenters. The first-order valence-corrected chi connectivity index (χ1v) is 8.17. The molecule has 1 rings (SSSR count). The fraction of sp³-hybridized carbons (Fsp3) is 0.571. The van der Waals surface area contributed by atoms with E-state index in [0.717, 1.165) is 19.4 Å². The van der Waals surface area contributed by atoms with Crippen molar-refractivity contribution in [3.05, 3.63) is 24.3 Å². The molecule has 1 aromatic carbocycles. The summed E-state index contributed by atoms with van der Waals surface area (Å²) in [5.74, 6) is 0. The standard InChI is InChI=1S/C14H24N2O2S/c1-5-11-15-12-9-7-8-10-13(12)19(17,18)16-14(3,4)6-2/h7-10,15-16H,5-6,11H2,1-4H3. The van der Waals surface area contributed by atoms with Gasteiger partial charge in [0.05, 0.1) is 5.69 Å². The molecule has 0 aliphatic heterocycles. The number of hydrogen-bond donors (Lipinski definition) is 2. The number of sulfonamides is 1. The number of anilines is 1. The highest BCUT2D eigenvalue weighted by Gasteiger charge is 2.26. The van der Waals surface area contributed by atoms with E-state index in [1.165, 1.54) is 0 Å². The van der Waals surface area contributed by atoms with Gasteiger partial charge in [-0.15, -0.1) is 0 Å². The first-order chi connectivity index (χ1) is 8.82. The summed E-state index contributed by atoms with van der Waals surface area (Å²) in [4.78, 5) is 0.310. The van der Waals surface area contributed by atoms with Gasteiger partial charge in [-0.25, -0.2) is 13.1 Å². The Labute approximate surface area is 116 Å². The first kappa shape index (κ1) is 16.0. The van der Waals surface area contributed by atoms with Crippen LogP contribution in [-0.2, 0) is 10.0 Å². The van der Waals surface area contributed by atoms with Gasteiger partial charge in [0.1, 0.15) is 4.90 Å². The molecule has 0 amide bonds. The van der Waals surface area contributed by atoms with E-state index in [1.807, 2.05) is 33.8 Å². The second-order valence-electron chi connectivity index (χ2n) is 5.27. The Kier molecular flexibility index (Phi) is 5.38.